The summed E-state index contributed by atoms with van der Waals surface area (Å²) < 4.78 is 1.81. The molecule has 3 aromatic rings. The molecule has 6 heteroatoms. The number of pyridine rings is 1. The van der Waals surface area contributed by atoms with Gasteiger partial charge in [-0.2, -0.15) is 5.10 Å². The van der Waals surface area contributed by atoms with E-state index in [4.69, 9.17) is 5.11 Å². The van der Waals surface area contributed by atoms with Crippen LogP contribution in [0.4, 0.5) is 5.69 Å². The molecule has 1 aromatic carbocycles. The van der Waals surface area contributed by atoms with Gasteiger partial charge in [-0.15, -0.1) is 0 Å². The fourth-order valence-corrected chi connectivity index (χ4v) is 3.29. The third-order valence-electron chi connectivity index (χ3n) is 4.77. The predicted molar refractivity (Wildman–Crippen MR) is 98.7 cm³/mol. The van der Waals surface area contributed by atoms with Gasteiger partial charge < -0.3 is 10.4 Å². The summed E-state index contributed by atoms with van der Waals surface area (Å²) in [7, 11) is 1.91. The molecule has 0 radical (unpaired) electrons. The molecule has 0 aliphatic heterocycles. The van der Waals surface area contributed by atoms with E-state index in [-0.39, 0.29) is 11.8 Å². The van der Waals surface area contributed by atoms with Gasteiger partial charge in [0.25, 0.3) is 0 Å². The van der Waals surface area contributed by atoms with E-state index in [2.05, 4.69) is 15.4 Å². The van der Waals surface area contributed by atoms with Gasteiger partial charge in [0, 0.05) is 49.0 Å². The standard InChI is InChI=1S/C20H20N4O2/c1-24-12-15(19(23-24)14-3-2-8-21-10-14)11-22-16-6-4-13(5-7-16)17-9-18(17)20(25)26/h2-8,10,12,17-18,22H,9,11H2,1H3,(H,25,26)/t17-,18+/m0/s1. The summed E-state index contributed by atoms with van der Waals surface area (Å²) in [6.45, 7) is 0.651. The molecule has 132 valence electrons. The average Bonchev–Trinajstić information content (AvgIpc) is 3.38. The fourth-order valence-electron chi connectivity index (χ4n) is 3.29. The smallest absolute Gasteiger partial charge is 0.307 e. The van der Waals surface area contributed by atoms with E-state index >= 15 is 0 Å². The molecule has 1 aliphatic rings. The number of carboxylic acids is 1. The highest BCUT2D eigenvalue weighted by molar-refractivity contribution is 5.75. The lowest BCUT2D eigenvalue weighted by molar-refractivity contribution is -0.138. The minimum Gasteiger partial charge on any atom is -0.481 e. The first-order chi connectivity index (χ1) is 12.6. The number of hydrogen-bond donors (Lipinski definition) is 2. The normalized spacial score (nSPS) is 18.5. The van der Waals surface area contributed by atoms with E-state index in [1.54, 1.807) is 6.20 Å². The number of nitrogens with zero attached hydrogens (tertiary/aromatic N) is 3. The van der Waals surface area contributed by atoms with Gasteiger partial charge in [-0.05, 0) is 42.2 Å². The third-order valence-corrected chi connectivity index (χ3v) is 4.77. The topological polar surface area (TPSA) is 80.0 Å². The van der Waals surface area contributed by atoms with Crippen molar-refractivity contribution in [2.75, 3.05) is 5.32 Å². The first kappa shape index (κ1) is 16.3. The number of carbonyl (C=O) groups is 1. The zero-order valence-electron chi connectivity index (χ0n) is 14.5. The maximum absolute atomic E-state index is 11.0. The van der Waals surface area contributed by atoms with Gasteiger partial charge in [-0.1, -0.05) is 12.1 Å². The van der Waals surface area contributed by atoms with E-state index in [9.17, 15) is 4.79 Å². The maximum Gasteiger partial charge on any atom is 0.307 e. The first-order valence-corrected chi connectivity index (χ1v) is 8.61. The molecular weight excluding hydrogens is 328 g/mol. The van der Waals surface area contributed by atoms with Gasteiger partial charge in [0.1, 0.15) is 0 Å². The molecule has 0 saturated heterocycles. The van der Waals surface area contributed by atoms with Gasteiger partial charge in [0.2, 0.25) is 0 Å². The van der Waals surface area contributed by atoms with Crippen LogP contribution in [0, 0.1) is 5.92 Å². The molecule has 0 bridgehead atoms. The second-order valence-electron chi connectivity index (χ2n) is 6.68. The molecule has 2 aromatic heterocycles. The quantitative estimate of drug-likeness (QED) is 0.714. The molecule has 1 saturated carbocycles. The first-order valence-electron chi connectivity index (χ1n) is 8.61. The Hall–Kier alpha value is -3.15. The number of aliphatic carboxylic acids is 1. The summed E-state index contributed by atoms with van der Waals surface area (Å²) in [5.74, 6) is -0.750. The van der Waals surface area contributed by atoms with Gasteiger partial charge in [0.15, 0.2) is 0 Å². The van der Waals surface area contributed by atoms with Crippen molar-refractivity contribution in [2.45, 2.75) is 18.9 Å². The van der Waals surface area contributed by atoms with Crippen LogP contribution in [0.1, 0.15) is 23.5 Å². The Morgan fingerprint density at radius 2 is 2.12 bits per heavy atom. The third kappa shape index (κ3) is 3.31. The van der Waals surface area contributed by atoms with E-state index in [0.717, 1.165) is 34.5 Å². The Morgan fingerprint density at radius 3 is 2.77 bits per heavy atom. The molecule has 4 rings (SSSR count). The summed E-state index contributed by atoms with van der Waals surface area (Å²) in [4.78, 5) is 15.2. The highest BCUT2D eigenvalue weighted by Crippen LogP contribution is 2.47. The van der Waals surface area contributed by atoms with Gasteiger partial charge in [0.05, 0.1) is 11.6 Å². The predicted octanol–water partition coefficient (Wildman–Crippen LogP) is 3.28. The van der Waals surface area contributed by atoms with Crippen molar-refractivity contribution in [3.8, 4) is 11.3 Å². The Labute approximate surface area is 151 Å². The van der Waals surface area contributed by atoms with Crippen LogP contribution in [-0.2, 0) is 18.4 Å². The Balaban J connectivity index is 1.44. The highest BCUT2D eigenvalue weighted by Gasteiger charge is 2.43. The van der Waals surface area contributed by atoms with Crippen LogP contribution in [0.15, 0.2) is 55.0 Å². The lowest BCUT2D eigenvalue weighted by Gasteiger charge is -2.08. The molecule has 2 N–H and O–H groups in total. The second-order valence-corrected chi connectivity index (χ2v) is 6.68. The van der Waals surface area contributed by atoms with Crippen molar-refractivity contribution in [1.29, 1.82) is 0 Å². The van der Waals surface area contributed by atoms with Gasteiger partial charge >= 0.3 is 5.97 Å². The van der Waals surface area contributed by atoms with Gasteiger partial charge in [-0.3, -0.25) is 14.5 Å². The van der Waals surface area contributed by atoms with Crippen molar-refractivity contribution < 1.29 is 9.90 Å². The second kappa shape index (κ2) is 6.63. The molecule has 26 heavy (non-hydrogen) atoms. The molecule has 0 spiro atoms. The maximum atomic E-state index is 11.0. The van der Waals surface area contributed by atoms with Crippen LogP contribution in [0.25, 0.3) is 11.3 Å². The molecule has 1 aliphatic carbocycles. The average molecular weight is 348 g/mol. The van der Waals surface area contributed by atoms with Crippen LogP contribution < -0.4 is 5.32 Å². The molecule has 0 amide bonds. The number of aryl methyl sites for hydroxylation is 1. The summed E-state index contributed by atoms with van der Waals surface area (Å²) in [6.07, 6.45) is 6.31. The monoisotopic (exact) mass is 348 g/mol. The SMILES string of the molecule is Cn1cc(CNc2ccc([C@@H]3C[C@H]3C(=O)O)cc2)c(-c2cccnc2)n1. The summed E-state index contributed by atoms with van der Waals surface area (Å²) in [5, 5.41) is 17.0. The zero-order chi connectivity index (χ0) is 18.1. The summed E-state index contributed by atoms with van der Waals surface area (Å²) >= 11 is 0. The molecule has 2 heterocycles. The van der Waals surface area contributed by atoms with Crippen LogP contribution in [0.3, 0.4) is 0 Å². The number of carboxylic acid groups (broad SMARTS) is 1. The highest BCUT2D eigenvalue weighted by atomic mass is 16.4. The summed E-state index contributed by atoms with van der Waals surface area (Å²) in [6, 6.07) is 12.0. The largest absolute Gasteiger partial charge is 0.481 e. The number of rotatable bonds is 6. The minimum absolute atomic E-state index is 0.164. The molecule has 2 atom stereocenters. The van der Waals surface area contributed by atoms with Crippen LogP contribution in [-0.4, -0.2) is 25.8 Å². The zero-order valence-corrected chi connectivity index (χ0v) is 14.5. The van der Waals surface area contributed by atoms with Crippen LogP contribution in [0.5, 0.6) is 0 Å². The minimum atomic E-state index is -0.697. The summed E-state index contributed by atoms with van der Waals surface area (Å²) in [5.41, 5.74) is 5.11. The number of benzene rings is 1. The van der Waals surface area contributed by atoms with Crippen LogP contribution in [0.2, 0.25) is 0 Å². The lowest BCUT2D eigenvalue weighted by atomic mass is 10.1. The lowest BCUT2D eigenvalue weighted by Crippen LogP contribution is -2.01. The molecule has 0 unspecified atom stereocenters. The Kier molecular flexibility index (Phi) is 4.16. The van der Waals surface area contributed by atoms with E-state index in [1.807, 2.05) is 60.5 Å². The van der Waals surface area contributed by atoms with Gasteiger partial charge in [-0.25, -0.2) is 0 Å². The Morgan fingerprint density at radius 1 is 1.31 bits per heavy atom. The molecule has 6 nitrogen and oxygen atoms in total. The van der Waals surface area contributed by atoms with E-state index in [0.29, 0.717) is 6.54 Å². The van der Waals surface area contributed by atoms with Crippen molar-refractivity contribution >= 4 is 11.7 Å². The Bertz CT molecular complexity index is 919. The van der Waals surface area contributed by atoms with E-state index < -0.39 is 5.97 Å². The molecular formula is C20H20N4O2. The number of aromatic nitrogens is 3. The molecule has 1 fully saturated rings. The number of nitrogens with one attached hydrogen (secondary N) is 1. The van der Waals surface area contributed by atoms with Crippen molar-refractivity contribution in [1.82, 2.24) is 14.8 Å². The number of anilines is 1. The fraction of sp³-hybridized carbons (Fsp3) is 0.250. The van der Waals surface area contributed by atoms with Crippen molar-refractivity contribution in [3.63, 3.8) is 0 Å². The van der Waals surface area contributed by atoms with Crippen molar-refractivity contribution in [3.05, 3.63) is 66.1 Å². The van der Waals surface area contributed by atoms with Crippen LogP contribution >= 0.6 is 0 Å². The van der Waals surface area contributed by atoms with Crippen molar-refractivity contribution in [2.24, 2.45) is 13.0 Å². The number of hydrogen-bond acceptors (Lipinski definition) is 4. The van der Waals surface area contributed by atoms with E-state index in [1.165, 1.54) is 0 Å².